The molecule has 0 aliphatic carbocycles. The maximum atomic E-state index is 4.73. The monoisotopic (exact) mass is 393 g/mol. The summed E-state index contributed by atoms with van der Waals surface area (Å²) in [6.07, 6.45) is 3.34. The molecule has 0 bridgehead atoms. The van der Waals surface area contributed by atoms with E-state index in [1.165, 1.54) is 15.7 Å². The smallest absolute Gasteiger partial charge is 0.143 e. The predicted molar refractivity (Wildman–Crippen MR) is 94.0 cm³/mol. The van der Waals surface area contributed by atoms with Crippen molar-refractivity contribution in [2.75, 3.05) is 11.9 Å². The summed E-state index contributed by atoms with van der Waals surface area (Å²) >= 11 is 4.29. The third-order valence-electron chi connectivity index (χ3n) is 2.87. The summed E-state index contributed by atoms with van der Waals surface area (Å²) in [7, 11) is 0. The van der Waals surface area contributed by atoms with Crippen LogP contribution >= 0.6 is 34.4 Å². The molecule has 3 nitrogen and oxygen atoms in total. The van der Waals surface area contributed by atoms with Crippen LogP contribution in [0, 0.1) is 3.57 Å². The fraction of sp³-hybridized carbons (Fsp3) is 0.714. The van der Waals surface area contributed by atoms with Crippen molar-refractivity contribution in [2.24, 2.45) is 0 Å². The van der Waals surface area contributed by atoms with E-state index in [1.54, 1.807) is 0 Å². The SMILES string of the molecule is CCCc1nc(CSC(C)CC)nc(NCC)c1I. The van der Waals surface area contributed by atoms with Crippen LogP contribution in [0.25, 0.3) is 0 Å². The average Bonchev–Trinajstić information content (AvgIpc) is 2.41. The van der Waals surface area contributed by atoms with Gasteiger partial charge < -0.3 is 5.32 Å². The highest BCUT2D eigenvalue weighted by Crippen LogP contribution is 2.23. The van der Waals surface area contributed by atoms with Crippen molar-refractivity contribution in [2.45, 2.75) is 58.0 Å². The number of thioether (sulfide) groups is 1. The Hall–Kier alpha value is -0.0400. The van der Waals surface area contributed by atoms with Gasteiger partial charge in [0.05, 0.1) is 15.0 Å². The van der Waals surface area contributed by atoms with Crippen molar-refractivity contribution in [3.05, 3.63) is 15.1 Å². The second-order valence-electron chi connectivity index (χ2n) is 4.56. The number of nitrogens with one attached hydrogen (secondary N) is 1. The van der Waals surface area contributed by atoms with E-state index >= 15 is 0 Å². The van der Waals surface area contributed by atoms with Gasteiger partial charge in [-0.15, -0.1) is 0 Å². The van der Waals surface area contributed by atoms with E-state index in [2.05, 4.69) is 60.6 Å². The number of hydrogen-bond acceptors (Lipinski definition) is 4. The van der Waals surface area contributed by atoms with E-state index in [4.69, 9.17) is 4.98 Å². The zero-order valence-electron chi connectivity index (χ0n) is 12.3. The molecule has 0 spiro atoms. The minimum atomic E-state index is 0.667. The third-order valence-corrected chi connectivity index (χ3v) is 5.33. The molecule has 1 N–H and O–H groups in total. The molecule has 0 aliphatic heterocycles. The summed E-state index contributed by atoms with van der Waals surface area (Å²) in [6.45, 7) is 9.68. The largest absolute Gasteiger partial charge is 0.369 e. The van der Waals surface area contributed by atoms with Crippen LogP contribution in [-0.4, -0.2) is 21.8 Å². The van der Waals surface area contributed by atoms with E-state index < -0.39 is 0 Å². The molecule has 5 heteroatoms. The van der Waals surface area contributed by atoms with Crippen LogP contribution in [0.5, 0.6) is 0 Å². The van der Waals surface area contributed by atoms with Gasteiger partial charge in [0, 0.05) is 11.8 Å². The normalized spacial score (nSPS) is 12.5. The van der Waals surface area contributed by atoms with Crippen molar-refractivity contribution in [1.29, 1.82) is 0 Å². The van der Waals surface area contributed by atoms with E-state index in [-0.39, 0.29) is 0 Å². The lowest BCUT2D eigenvalue weighted by Crippen LogP contribution is -2.10. The Morgan fingerprint density at radius 2 is 2.00 bits per heavy atom. The lowest BCUT2D eigenvalue weighted by atomic mass is 10.2. The standard InChI is InChI=1S/C14H24IN3S/c1-5-8-11-13(15)14(16-7-3)18-12(17-11)9-19-10(4)6-2/h10H,5-9H2,1-4H3,(H,16,17,18). The van der Waals surface area contributed by atoms with Crippen LogP contribution in [0.15, 0.2) is 0 Å². The van der Waals surface area contributed by atoms with Gasteiger partial charge in [-0.25, -0.2) is 9.97 Å². The summed E-state index contributed by atoms with van der Waals surface area (Å²) in [5.41, 5.74) is 1.19. The van der Waals surface area contributed by atoms with Crippen LogP contribution in [0.3, 0.4) is 0 Å². The molecule has 1 atom stereocenters. The zero-order chi connectivity index (χ0) is 14.3. The molecule has 1 unspecified atom stereocenters. The second kappa shape index (κ2) is 9.00. The molecule has 0 saturated carbocycles. The Labute approximate surface area is 134 Å². The van der Waals surface area contributed by atoms with Crippen LogP contribution in [0.4, 0.5) is 5.82 Å². The van der Waals surface area contributed by atoms with Crippen molar-refractivity contribution >= 4 is 40.2 Å². The molecule has 0 aliphatic rings. The first-order valence-electron chi connectivity index (χ1n) is 7.03. The Morgan fingerprint density at radius 1 is 1.26 bits per heavy atom. The van der Waals surface area contributed by atoms with Crippen molar-refractivity contribution in [3.63, 3.8) is 0 Å². The summed E-state index contributed by atoms with van der Waals surface area (Å²) in [5, 5.41) is 4.02. The number of hydrogen-bond donors (Lipinski definition) is 1. The minimum Gasteiger partial charge on any atom is -0.369 e. The molecular formula is C14H24IN3S. The van der Waals surface area contributed by atoms with E-state index in [0.717, 1.165) is 36.8 Å². The number of rotatable bonds is 8. The van der Waals surface area contributed by atoms with Crippen LogP contribution in [-0.2, 0) is 12.2 Å². The molecule has 1 aromatic heterocycles. The first kappa shape index (κ1) is 17.0. The summed E-state index contributed by atoms with van der Waals surface area (Å²) in [5.74, 6) is 2.87. The second-order valence-corrected chi connectivity index (χ2v) is 7.06. The fourth-order valence-electron chi connectivity index (χ4n) is 1.63. The lowest BCUT2D eigenvalue weighted by molar-refractivity contribution is 0.842. The lowest BCUT2D eigenvalue weighted by Gasteiger charge is -2.13. The zero-order valence-corrected chi connectivity index (χ0v) is 15.3. The van der Waals surface area contributed by atoms with Crippen molar-refractivity contribution in [3.8, 4) is 0 Å². The molecule has 0 radical (unpaired) electrons. The molecule has 1 aromatic rings. The first-order valence-corrected chi connectivity index (χ1v) is 9.15. The topological polar surface area (TPSA) is 37.8 Å². The highest BCUT2D eigenvalue weighted by molar-refractivity contribution is 14.1. The highest BCUT2D eigenvalue weighted by atomic mass is 127. The summed E-state index contributed by atoms with van der Waals surface area (Å²) in [6, 6.07) is 0. The highest BCUT2D eigenvalue weighted by Gasteiger charge is 2.12. The molecule has 0 saturated heterocycles. The number of aromatic nitrogens is 2. The predicted octanol–water partition coefficient (Wildman–Crippen LogP) is 4.50. The molecule has 0 amide bonds. The van der Waals surface area contributed by atoms with E-state index in [1.807, 2.05) is 11.8 Å². The van der Waals surface area contributed by atoms with Gasteiger partial charge in [0.15, 0.2) is 0 Å². The minimum absolute atomic E-state index is 0.667. The van der Waals surface area contributed by atoms with Gasteiger partial charge in [-0.05, 0) is 42.4 Å². The van der Waals surface area contributed by atoms with Gasteiger partial charge >= 0.3 is 0 Å². The van der Waals surface area contributed by atoms with Crippen molar-refractivity contribution in [1.82, 2.24) is 9.97 Å². The molecule has 1 rings (SSSR count). The summed E-state index contributed by atoms with van der Waals surface area (Å²) < 4.78 is 1.18. The van der Waals surface area contributed by atoms with Crippen LogP contribution in [0.1, 0.15) is 52.1 Å². The fourth-order valence-corrected chi connectivity index (χ4v) is 3.13. The van der Waals surface area contributed by atoms with Gasteiger partial charge in [0.1, 0.15) is 11.6 Å². The van der Waals surface area contributed by atoms with E-state index in [9.17, 15) is 0 Å². The number of anilines is 1. The molecule has 1 heterocycles. The van der Waals surface area contributed by atoms with Gasteiger partial charge in [-0.1, -0.05) is 27.2 Å². The third kappa shape index (κ3) is 5.45. The molecule has 0 fully saturated rings. The average molecular weight is 393 g/mol. The Bertz CT molecular complexity index is 371. The molecule has 19 heavy (non-hydrogen) atoms. The van der Waals surface area contributed by atoms with Crippen LogP contribution < -0.4 is 5.32 Å². The van der Waals surface area contributed by atoms with Gasteiger partial charge in [0.25, 0.3) is 0 Å². The summed E-state index contributed by atoms with van der Waals surface area (Å²) in [4.78, 5) is 9.39. The van der Waals surface area contributed by atoms with Crippen LogP contribution in [0.2, 0.25) is 0 Å². The molecule has 0 aromatic carbocycles. The van der Waals surface area contributed by atoms with Gasteiger partial charge in [0.2, 0.25) is 0 Å². The number of halogens is 1. The molecular weight excluding hydrogens is 369 g/mol. The number of nitrogens with zero attached hydrogens (tertiary/aromatic N) is 2. The number of aryl methyl sites for hydroxylation is 1. The quantitative estimate of drug-likeness (QED) is 0.660. The van der Waals surface area contributed by atoms with E-state index in [0.29, 0.717) is 5.25 Å². The van der Waals surface area contributed by atoms with Gasteiger partial charge in [-0.3, -0.25) is 0 Å². The van der Waals surface area contributed by atoms with Crippen molar-refractivity contribution < 1.29 is 0 Å². The van der Waals surface area contributed by atoms with Gasteiger partial charge in [-0.2, -0.15) is 11.8 Å². The molecule has 108 valence electrons. The first-order chi connectivity index (χ1) is 9.12. The maximum absolute atomic E-state index is 4.73. The maximum Gasteiger partial charge on any atom is 0.143 e. The Morgan fingerprint density at radius 3 is 2.58 bits per heavy atom. The Kier molecular flexibility index (Phi) is 8.06. The Balaban J connectivity index is 2.90.